The largest absolute Gasteiger partial charge is 0.495 e. The average molecular weight is 437 g/mol. The molecule has 2 unspecified atom stereocenters. The summed E-state index contributed by atoms with van der Waals surface area (Å²) in [5, 5.41) is 8.70. The summed E-state index contributed by atoms with van der Waals surface area (Å²) in [5.74, 6) is 0.815. The Bertz CT molecular complexity index is 1110. The van der Waals surface area contributed by atoms with Crippen LogP contribution < -0.4 is 4.74 Å². The topological polar surface area (TPSA) is 78.1 Å². The molecule has 1 aliphatic rings. The molecule has 3 heterocycles. The Labute approximate surface area is 189 Å². The Morgan fingerprint density at radius 2 is 1.94 bits per heavy atom. The van der Waals surface area contributed by atoms with E-state index in [9.17, 15) is 4.79 Å². The van der Waals surface area contributed by atoms with Crippen molar-refractivity contribution in [1.82, 2.24) is 29.4 Å². The van der Waals surface area contributed by atoms with Crippen molar-refractivity contribution in [3.8, 4) is 22.7 Å². The van der Waals surface area contributed by atoms with Crippen molar-refractivity contribution in [2.75, 3.05) is 14.2 Å². The van der Waals surface area contributed by atoms with Gasteiger partial charge in [-0.2, -0.15) is 0 Å². The molecule has 32 heavy (non-hydrogen) atoms. The maximum atomic E-state index is 13.3. The minimum atomic E-state index is -0.330. The standard InChI is InChI=1S/C24H32N6O2/c1-16-13-29(15-25-16)19-11-10-17(12-21(19)32-6)18-14-30(27-26-18)20-8-7-9-22(24(2,3)4)28(5)23(20)31/h10-15,20,22H,7-9H2,1-6H3. The summed E-state index contributed by atoms with van der Waals surface area (Å²) in [6.07, 6.45) is 8.32. The summed E-state index contributed by atoms with van der Waals surface area (Å²) in [5.41, 5.74) is 3.47. The number of likely N-dealkylation sites (N-methyl/N-ethyl adjacent to an activating group) is 1. The quantitative estimate of drug-likeness (QED) is 0.617. The highest BCUT2D eigenvalue weighted by Crippen LogP contribution is 2.34. The van der Waals surface area contributed by atoms with Gasteiger partial charge in [0, 0.05) is 24.8 Å². The molecule has 2 atom stereocenters. The van der Waals surface area contributed by atoms with Gasteiger partial charge in [0.1, 0.15) is 17.5 Å². The lowest BCUT2D eigenvalue weighted by Gasteiger charge is -2.37. The zero-order valence-corrected chi connectivity index (χ0v) is 19.7. The summed E-state index contributed by atoms with van der Waals surface area (Å²) < 4.78 is 9.27. The van der Waals surface area contributed by atoms with Crippen LogP contribution in [0.5, 0.6) is 5.75 Å². The highest BCUT2D eigenvalue weighted by molar-refractivity contribution is 5.81. The van der Waals surface area contributed by atoms with E-state index in [1.165, 1.54) is 0 Å². The zero-order chi connectivity index (χ0) is 23.0. The number of carbonyl (C=O) groups excluding carboxylic acids is 1. The molecule has 8 heteroatoms. The number of nitrogens with zero attached hydrogens (tertiary/aromatic N) is 6. The van der Waals surface area contributed by atoms with Crippen molar-refractivity contribution >= 4 is 5.91 Å². The summed E-state index contributed by atoms with van der Waals surface area (Å²) in [6.45, 7) is 8.53. The Morgan fingerprint density at radius 3 is 2.59 bits per heavy atom. The van der Waals surface area contributed by atoms with Gasteiger partial charge < -0.3 is 14.2 Å². The second kappa shape index (κ2) is 8.41. The van der Waals surface area contributed by atoms with Crippen molar-refractivity contribution in [2.24, 2.45) is 5.41 Å². The third-order valence-electron chi connectivity index (χ3n) is 6.35. The van der Waals surface area contributed by atoms with Crippen LogP contribution in [0, 0.1) is 12.3 Å². The van der Waals surface area contributed by atoms with Gasteiger partial charge in [-0.15, -0.1) is 5.10 Å². The number of aryl methyl sites for hydroxylation is 1. The maximum absolute atomic E-state index is 13.3. The normalized spacial score (nSPS) is 19.8. The molecule has 2 aromatic heterocycles. The van der Waals surface area contributed by atoms with Crippen LogP contribution >= 0.6 is 0 Å². The minimum absolute atomic E-state index is 0.0406. The second-order valence-electron chi connectivity index (χ2n) is 9.67. The maximum Gasteiger partial charge on any atom is 0.247 e. The summed E-state index contributed by atoms with van der Waals surface area (Å²) in [7, 11) is 3.56. The van der Waals surface area contributed by atoms with Crippen molar-refractivity contribution in [3.63, 3.8) is 0 Å². The molecule has 1 fully saturated rings. The zero-order valence-electron chi connectivity index (χ0n) is 19.7. The van der Waals surface area contributed by atoms with E-state index in [4.69, 9.17) is 4.74 Å². The van der Waals surface area contributed by atoms with Crippen molar-refractivity contribution in [3.05, 3.63) is 42.6 Å². The fourth-order valence-corrected chi connectivity index (χ4v) is 4.63. The minimum Gasteiger partial charge on any atom is -0.495 e. The van der Waals surface area contributed by atoms with Crippen LogP contribution in [0.2, 0.25) is 0 Å². The number of likely N-dealkylation sites (tertiary alicyclic amines) is 1. The molecular formula is C24H32N6O2. The SMILES string of the molecule is COc1cc(-c2cn(C3CCCC(C(C)(C)C)N(C)C3=O)nn2)ccc1-n1cnc(C)c1. The smallest absolute Gasteiger partial charge is 0.247 e. The molecule has 170 valence electrons. The predicted octanol–water partition coefficient (Wildman–Crippen LogP) is 4.05. The molecule has 0 bridgehead atoms. The van der Waals surface area contributed by atoms with Crippen molar-refractivity contribution in [2.45, 2.75) is 59.0 Å². The van der Waals surface area contributed by atoms with Crippen molar-refractivity contribution in [1.29, 1.82) is 0 Å². The van der Waals surface area contributed by atoms with Gasteiger partial charge in [-0.3, -0.25) is 4.79 Å². The van der Waals surface area contributed by atoms with Gasteiger partial charge in [-0.05, 0) is 43.7 Å². The Morgan fingerprint density at radius 1 is 1.16 bits per heavy atom. The molecule has 0 spiro atoms. The van der Waals surface area contributed by atoms with E-state index < -0.39 is 0 Å². The number of ether oxygens (including phenoxy) is 1. The van der Waals surface area contributed by atoms with E-state index in [2.05, 4.69) is 36.1 Å². The van der Waals surface area contributed by atoms with Crippen LogP contribution in [-0.4, -0.2) is 55.6 Å². The number of hydrogen-bond acceptors (Lipinski definition) is 5. The average Bonchev–Trinajstić information content (AvgIpc) is 3.38. The van der Waals surface area contributed by atoms with Crippen LogP contribution in [0.1, 0.15) is 51.8 Å². The number of methoxy groups -OCH3 is 1. The molecule has 1 amide bonds. The van der Waals surface area contributed by atoms with Gasteiger partial charge in [0.05, 0.1) is 31.0 Å². The fraction of sp³-hybridized carbons (Fsp3) is 0.500. The first-order chi connectivity index (χ1) is 15.2. The lowest BCUT2D eigenvalue weighted by atomic mass is 9.83. The Balaban J connectivity index is 1.60. The third-order valence-corrected chi connectivity index (χ3v) is 6.35. The first-order valence-electron chi connectivity index (χ1n) is 11.1. The molecule has 1 saturated heterocycles. The number of carbonyl (C=O) groups is 1. The molecule has 8 nitrogen and oxygen atoms in total. The second-order valence-corrected chi connectivity index (χ2v) is 9.67. The first-order valence-corrected chi connectivity index (χ1v) is 11.1. The summed E-state index contributed by atoms with van der Waals surface area (Å²) >= 11 is 0. The van der Waals surface area contributed by atoms with Crippen LogP contribution in [0.3, 0.4) is 0 Å². The van der Waals surface area contributed by atoms with Crippen LogP contribution in [-0.2, 0) is 4.79 Å². The monoisotopic (exact) mass is 436 g/mol. The molecule has 4 rings (SSSR count). The van der Waals surface area contributed by atoms with E-state index in [1.54, 1.807) is 18.1 Å². The van der Waals surface area contributed by atoms with E-state index >= 15 is 0 Å². The fourth-order valence-electron chi connectivity index (χ4n) is 4.63. The highest BCUT2D eigenvalue weighted by atomic mass is 16.5. The third kappa shape index (κ3) is 4.13. The van der Waals surface area contributed by atoms with Gasteiger partial charge in [0.2, 0.25) is 5.91 Å². The van der Waals surface area contributed by atoms with Gasteiger partial charge in [-0.25, -0.2) is 9.67 Å². The molecule has 1 aliphatic heterocycles. The van der Waals surface area contributed by atoms with E-state index in [0.29, 0.717) is 11.4 Å². The molecule has 3 aromatic rings. The lowest BCUT2D eigenvalue weighted by molar-refractivity contribution is -0.137. The van der Waals surface area contributed by atoms with Gasteiger partial charge in [0.25, 0.3) is 0 Å². The van der Waals surface area contributed by atoms with Crippen LogP contribution in [0.4, 0.5) is 0 Å². The molecule has 1 aromatic carbocycles. The Kier molecular flexibility index (Phi) is 5.79. The van der Waals surface area contributed by atoms with E-state index in [1.807, 2.05) is 54.0 Å². The number of rotatable bonds is 4. The number of benzene rings is 1. The number of hydrogen-bond donors (Lipinski definition) is 0. The van der Waals surface area contributed by atoms with E-state index in [-0.39, 0.29) is 23.4 Å². The first kappa shape index (κ1) is 22.0. The van der Waals surface area contributed by atoms with Gasteiger partial charge in [0.15, 0.2) is 0 Å². The molecule has 0 N–H and O–H groups in total. The Hall–Kier alpha value is -3.16. The summed E-state index contributed by atoms with van der Waals surface area (Å²) in [4.78, 5) is 19.5. The number of amides is 1. The number of imidazole rings is 1. The molecule has 0 radical (unpaired) electrons. The van der Waals surface area contributed by atoms with Crippen LogP contribution in [0.25, 0.3) is 16.9 Å². The van der Waals surface area contributed by atoms with Gasteiger partial charge >= 0.3 is 0 Å². The van der Waals surface area contributed by atoms with Gasteiger partial charge in [-0.1, -0.05) is 32.1 Å². The van der Waals surface area contributed by atoms with Crippen molar-refractivity contribution < 1.29 is 9.53 Å². The van der Waals surface area contributed by atoms with Crippen LogP contribution in [0.15, 0.2) is 36.9 Å². The molecular weight excluding hydrogens is 404 g/mol. The highest BCUT2D eigenvalue weighted by Gasteiger charge is 2.37. The number of aromatic nitrogens is 5. The lowest BCUT2D eigenvalue weighted by Crippen LogP contribution is -2.45. The van der Waals surface area contributed by atoms with E-state index in [0.717, 1.165) is 36.2 Å². The summed E-state index contributed by atoms with van der Waals surface area (Å²) in [6, 6.07) is 5.79. The predicted molar refractivity (Wildman–Crippen MR) is 123 cm³/mol. The molecule has 0 aliphatic carbocycles. The molecule has 0 saturated carbocycles.